The van der Waals surface area contributed by atoms with Gasteiger partial charge in [-0.3, -0.25) is 4.79 Å². The Morgan fingerprint density at radius 3 is 2.81 bits per heavy atom. The van der Waals surface area contributed by atoms with Gasteiger partial charge in [0.25, 0.3) is 0 Å². The molecule has 0 aliphatic heterocycles. The van der Waals surface area contributed by atoms with Gasteiger partial charge in [0, 0.05) is 13.0 Å². The highest BCUT2D eigenvalue weighted by molar-refractivity contribution is 6.31. The van der Waals surface area contributed by atoms with Gasteiger partial charge < -0.3 is 4.74 Å². The lowest BCUT2D eigenvalue weighted by Crippen LogP contribution is -2.03. The first-order chi connectivity index (χ1) is 7.49. The highest BCUT2D eigenvalue weighted by atomic mass is 35.5. The molecule has 5 nitrogen and oxygen atoms in total. The Morgan fingerprint density at radius 2 is 2.19 bits per heavy atom. The SMILES string of the molecule is CC(=O)Oc1cc2nc(C)c(Cl)c(C)n2n1. The summed E-state index contributed by atoms with van der Waals surface area (Å²) in [7, 11) is 0. The third-order valence-electron chi connectivity index (χ3n) is 2.15. The van der Waals surface area contributed by atoms with Crippen molar-refractivity contribution in [3.63, 3.8) is 0 Å². The molecule has 0 spiro atoms. The van der Waals surface area contributed by atoms with Crippen molar-refractivity contribution in [3.05, 3.63) is 22.5 Å². The summed E-state index contributed by atoms with van der Waals surface area (Å²) in [5.74, 6) is -0.186. The number of rotatable bonds is 1. The second-order valence-electron chi connectivity index (χ2n) is 3.44. The Balaban J connectivity index is 2.62. The summed E-state index contributed by atoms with van der Waals surface area (Å²) in [6.07, 6.45) is 0. The molecular weight excluding hydrogens is 230 g/mol. The van der Waals surface area contributed by atoms with E-state index in [0.717, 1.165) is 11.4 Å². The van der Waals surface area contributed by atoms with Crippen molar-refractivity contribution < 1.29 is 9.53 Å². The van der Waals surface area contributed by atoms with Crippen LogP contribution in [0.25, 0.3) is 5.65 Å². The average molecular weight is 240 g/mol. The zero-order valence-corrected chi connectivity index (χ0v) is 9.87. The van der Waals surface area contributed by atoms with Crippen LogP contribution in [0, 0.1) is 13.8 Å². The van der Waals surface area contributed by atoms with Crippen molar-refractivity contribution in [1.29, 1.82) is 0 Å². The third-order valence-corrected chi connectivity index (χ3v) is 2.70. The predicted octanol–water partition coefficient (Wildman–Crippen LogP) is 1.92. The Hall–Kier alpha value is -1.62. The van der Waals surface area contributed by atoms with Gasteiger partial charge in [0.15, 0.2) is 5.65 Å². The summed E-state index contributed by atoms with van der Waals surface area (Å²) in [5.41, 5.74) is 2.10. The van der Waals surface area contributed by atoms with E-state index in [4.69, 9.17) is 16.3 Å². The minimum atomic E-state index is -0.413. The Morgan fingerprint density at radius 1 is 1.50 bits per heavy atom. The second-order valence-corrected chi connectivity index (χ2v) is 3.82. The monoisotopic (exact) mass is 239 g/mol. The molecule has 0 aliphatic rings. The van der Waals surface area contributed by atoms with Crippen LogP contribution in [0.15, 0.2) is 6.07 Å². The van der Waals surface area contributed by atoms with Crippen molar-refractivity contribution in [3.8, 4) is 5.88 Å². The summed E-state index contributed by atoms with van der Waals surface area (Å²) in [6.45, 7) is 4.96. The first-order valence-electron chi connectivity index (χ1n) is 4.70. The number of hydrogen-bond donors (Lipinski definition) is 0. The molecule has 84 valence electrons. The van der Waals surface area contributed by atoms with Crippen LogP contribution in [0.1, 0.15) is 18.3 Å². The van der Waals surface area contributed by atoms with E-state index in [0.29, 0.717) is 10.7 Å². The maximum absolute atomic E-state index is 10.8. The van der Waals surface area contributed by atoms with Crippen LogP contribution in [-0.2, 0) is 4.79 Å². The molecule has 0 radical (unpaired) electrons. The summed E-state index contributed by atoms with van der Waals surface area (Å²) in [6, 6.07) is 1.59. The van der Waals surface area contributed by atoms with Crippen LogP contribution in [-0.4, -0.2) is 20.6 Å². The summed E-state index contributed by atoms with van der Waals surface area (Å²) in [4.78, 5) is 15.0. The minimum absolute atomic E-state index is 0.227. The van der Waals surface area contributed by atoms with E-state index < -0.39 is 5.97 Å². The van der Waals surface area contributed by atoms with Crippen molar-refractivity contribution in [2.24, 2.45) is 0 Å². The molecule has 0 aliphatic carbocycles. The van der Waals surface area contributed by atoms with Crippen LogP contribution in [0.2, 0.25) is 5.02 Å². The van der Waals surface area contributed by atoms with E-state index in [-0.39, 0.29) is 5.88 Å². The smallest absolute Gasteiger partial charge is 0.309 e. The molecule has 2 aromatic rings. The number of aryl methyl sites for hydroxylation is 2. The molecule has 0 amide bonds. The van der Waals surface area contributed by atoms with E-state index in [2.05, 4.69) is 10.1 Å². The molecule has 0 N–H and O–H groups in total. The lowest BCUT2D eigenvalue weighted by molar-refractivity contribution is -0.132. The quantitative estimate of drug-likeness (QED) is 0.714. The highest BCUT2D eigenvalue weighted by Gasteiger charge is 2.11. The Labute approximate surface area is 97.0 Å². The van der Waals surface area contributed by atoms with Gasteiger partial charge in [-0.2, -0.15) is 0 Å². The van der Waals surface area contributed by atoms with Gasteiger partial charge in [-0.05, 0) is 13.8 Å². The lowest BCUT2D eigenvalue weighted by atomic mass is 10.3. The van der Waals surface area contributed by atoms with Crippen LogP contribution in [0.5, 0.6) is 5.88 Å². The molecule has 2 aromatic heterocycles. The normalized spacial score (nSPS) is 10.8. The molecule has 0 unspecified atom stereocenters. The molecule has 0 atom stereocenters. The molecular formula is C10H10ClN3O2. The number of carbonyl (C=O) groups excluding carboxylic acids is 1. The van der Waals surface area contributed by atoms with Crippen molar-refractivity contribution in [2.75, 3.05) is 0 Å². The molecule has 0 saturated carbocycles. The summed E-state index contributed by atoms with van der Waals surface area (Å²) >= 11 is 6.04. The minimum Gasteiger partial charge on any atom is -0.406 e. The average Bonchev–Trinajstić information content (AvgIpc) is 2.56. The standard InChI is InChI=1S/C10H10ClN3O2/c1-5-10(11)6(2)14-8(12-5)4-9(13-14)16-7(3)15/h4H,1-3H3. The van der Waals surface area contributed by atoms with E-state index in [9.17, 15) is 4.79 Å². The summed E-state index contributed by atoms with van der Waals surface area (Å²) < 4.78 is 6.43. The highest BCUT2D eigenvalue weighted by Crippen LogP contribution is 2.21. The number of ether oxygens (including phenoxy) is 1. The van der Waals surface area contributed by atoms with E-state index in [1.807, 2.05) is 13.8 Å². The number of fused-ring (bicyclic) bond motifs is 1. The number of carbonyl (C=O) groups is 1. The molecule has 0 aromatic carbocycles. The molecule has 2 heterocycles. The fourth-order valence-electron chi connectivity index (χ4n) is 1.45. The Bertz CT molecular complexity index is 577. The molecule has 16 heavy (non-hydrogen) atoms. The van der Waals surface area contributed by atoms with Gasteiger partial charge >= 0.3 is 5.97 Å². The van der Waals surface area contributed by atoms with Crippen LogP contribution >= 0.6 is 11.6 Å². The topological polar surface area (TPSA) is 56.5 Å². The van der Waals surface area contributed by atoms with E-state index in [1.165, 1.54) is 6.92 Å². The number of hydrogen-bond acceptors (Lipinski definition) is 4. The number of aromatic nitrogens is 3. The van der Waals surface area contributed by atoms with E-state index >= 15 is 0 Å². The largest absolute Gasteiger partial charge is 0.406 e. The zero-order chi connectivity index (χ0) is 11.9. The van der Waals surface area contributed by atoms with Gasteiger partial charge in [0.1, 0.15) is 0 Å². The molecule has 0 fully saturated rings. The first kappa shape index (κ1) is 10.9. The van der Waals surface area contributed by atoms with Gasteiger partial charge in [-0.1, -0.05) is 11.6 Å². The van der Waals surface area contributed by atoms with Crippen LogP contribution < -0.4 is 4.74 Å². The fraction of sp³-hybridized carbons (Fsp3) is 0.300. The van der Waals surface area contributed by atoms with Crippen molar-refractivity contribution in [2.45, 2.75) is 20.8 Å². The van der Waals surface area contributed by atoms with E-state index in [1.54, 1.807) is 10.6 Å². The molecule has 0 saturated heterocycles. The van der Waals surface area contributed by atoms with Gasteiger partial charge in [0.2, 0.25) is 5.88 Å². The van der Waals surface area contributed by atoms with Crippen LogP contribution in [0.4, 0.5) is 0 Å². The fourth-order valence-corrected chi connectivity index (χ4v) is 1.57. The third kappa shape index (κ3) is 1.74. The van der Waals surface area contributed by atoms with Crippen molar-refractivity contribution >= 4 is 23.2 Å². The number of nitrogens with zero attached hydrogens (tertiary/aromatic N) is 3. The molecule has 2 rings (SSSR count). The lowest BCUT2D eigenvalue weighted by Gasteiger charge is -2.03. The van der Waals surface area contributed by atoms with Gasteiger partial charge in [0.05, 0.1) is 16.4 Å². The number of halogens is 1. The second kappa shape index (κ2) is 3.75. The molecule has 0 bridgehead atoms. The Kier molecular flexibility index (Phi) is 2.55. The van der Waals surface area contributed by atoms with Crippen LogP contribution in [0.3, 0.4) is 0 Å². The van der Waals surface area contributed by atoms with Gasteiger partial charge in [-0.25, -0.2) is 9.50 Å². The maximum Gasteiger partial charge on any atom is 0.309 e. The zero-order valence-electron chi connectivity index (χ0n) is 9.11. The number of esters is 1. The van der Waals surface area contributed by atoms with Crippen molar-refractivity contribution in [1.82, 2.24) is 14.6 Å². The predicted molar refractivity (Wildman–Crippen MR) is 58.8 cm³/mol. The summed E-state index contributed by atoms with van der Waals surface area (Å²) in [5, 5.41) is 4.64. The van der Waals surface area contributed by atoms with Gasteiger partial charge in [-0.15, -0.1) is 5.10 Å². The molecule has 6 heteroatoms. The first-order valence-corrected chi connectivity index (χ1v) is 5.07. The maximum atomic E-state index is 10.8.